The van der Waals surface area contributed by atoms with E-state index in [1.54, 1.807) is 0 Å². The SMILES string of the molecule is CCCCCCC(C)NCc1cncc2ccccc12. The van der Waals surface area contributed by atoms with Gasteiger partial charge >= 0.3 is 0 Å². The average Bonchev–Trinajstić information content (AvgIpc) is 2.49. The molecule has 0 aliphatic heterocycles. The third-order valence-corrected chi connectivity index (χ3v) is 3.88. The highest BCUT2D eigenvalue weighted by molar-refractivity contribution is 5.84. The number of hydrogen-bond donors (Lipinski definition) is 1. The van der Waals surface area contributed by atoms with Crippen LogP contribution >= 0.6 is 0 Å². The third-order valence-electron chi connectivity index (χ3n) is 3.88. The van der Waals surface area contributed by atoms with Crippen molar-refractivity contribution >= 4 is 10.8 Å². The van der Waals surface area contributed by atoms with Crippen molar-refractivity contribution in [3.63, 3.8) is 0 Å². The molecule has 1 aromatic heterocycles. The fraction of sp³-hybridized carbons (Fsp3) is 0.500. The van der Waals surface area contributed by atoms with Crippen LogP contribution < -0.4 is 5.32 Å². The van der Waals surface area contributed by atoms with Gasteiger partial charge in [-0.1, -0.05) is 56.9 Å². The molecule has 2 rings (SSSR count). The molecule has 2 aromatic rings. The smallest absolute Gasteiger partial charge is 0.0346 e. The van der Waals surface area contributed by atoms with Gasteiger partial charge in [-0.15, -0.1) is 0 Å². The molecule has 0 fully saturated rings. The Morgan fingerprint density at radius 1 is 1.10 bits per heavy atom. The van der Waals surface area contributed by atoms with Gasteiger partial charge in [-0.2, -0.15) is 0 Å². The van der Waals surface area contributed by atoms with Crippen LogP contribution in [0.1, 0.15) is 51.5 Å². The minimum absolute atomic E-state index is 0.575. The van der Waals surface area contributed by atoms with Crippen molar-refractivity contribution in [1.82, 2.24) is 10.3 Å². The summed E-state index contributed by atoms with van der Waals surface area (Å²) in [4.78, 5) is 4.34. The molecule has 20 heavy (non-hydrogen) atoms. The van der Waals surface area contributed by atoms with Gasteiger partial charge in [0, 0.05) is 30.4 Å². The summed E-state index contributed by atoms with van der Waals surface area (Å²) < 4.78 is 0. The Morgan fingerprint density at radius 3 is 2.80 bits per heavy atom. The zero-order chi connectivity index (χ0) is 14.2. The van der Waals surface area contributed by atoms with E-state index >= 15 is 0 Å². The van der Waals surface area contributed by atoms with E-state index in [1.807, 2.05) is 12.4 Å². The molecular weight excluding hydrogens is 244 g/mol. The summed E-state index contributed by atoms with van der Waals surface area (Å²) >= 11 is 0. The van der Waals surface area contributed by atoms with E-state index in [1.165, 1.54) is 48.4 Å². The summed E-state index contributed by atoms with van der Waals surface area (Å²) in [6.07, 6.45) is 10.5. The number of aromatic nitrogens is 1. The highest BCUT2D eigenvalue weighted by atomic mass is 14.9. The molecule has 0 bridgehead atoms. The lowest BCUT2D eigenvalue weighted by atomic mass is 10.1. The van der Waals surface area contributed by atoms with E-state index in [4.69, 9.17) is 0 Å². The van der Waals surface area contributed by atoms with Crippen LogP contribution in [0.2, 0.25) is 0 Å². The monoisotopic (exact) mass is 270 g/mol. The predicted octanol–water partition coefficient (Wildman–Crippen LogP) is 4.68. The molecule has 0 saturated carbocycles. The second-order valence-corrected chi connectivity index (χ2v) is 5.65. The molecule has 2 heteroatoms. The molecule has 1 heterocycles. The summed E-state index contributed by atoms with van der Waals surface area (Å²) in [6, 6.07) is 9.04. The summed E-state index contributed by atoms with van der Waals surface area (Å²) in [5.74, 6) is 0. The fourth-order valence-electron chi connectivity index (χ4n) is 2.58. The molecule has 2 nitrogen and oxygen atoms in total. The fourth-order valence-corrected chi connectivity index (χ4v) is 2.58. The lowest BCUT2D eigenvalue weighted by molar-refractivity contribution is 0.483. The number of benzene rings is 1. The minimum Gasteiger partial charge on any atom is -0.310 e. The molecule has 1 unspecified atom stereocenters. The second-order valence-electron chi connectivity index (χ2n) is 5.65. The molecular formula is C18H26N2. The highest BCUT2D eigenvalue weighted by Gasteiger charge is 2.04. The van der Waals surface area contributed by atoms with E-state index in [9.17, 15) is 0 Å². The number of fused-ring (bicyclic) bond motifs is 1. The van der Waals surface area contributed by atoms with Gasteiger partial charge in [-0.05, 0) is 24.3 Å². The Morgan fingerprint density at radius 2 is 1.95 bits per heavy atom. The molecule has 1 atom stereocenters. The maximum absolute atomic E-state index is 4.34. The lowest BCUT2D eigenvalue weighted by Gasteiger charge is -2.14. The van der Waals surface area contributed by atoms with Gasteiger partial charge < -0.3 is 5.32 Å². The number of nitrogens with one attached hydrogen (secondary N) is 1. The van der Waals surface area contributed by atoms with Crippen LogP contribution in [-0.2, 0) is 6.54 Å². The lowest BCUT2D eigenvalue weighted by Crippen LogP contribution is -2.25. The molecule has 0 spiro atoms. The maximum Gasteiger partial charge on any atom is 0.0346 e. The predicted molar refractivity (Wildman–Crippen MR) is 86.8 cm³/mol. The molecule has 0 aliphatic rings. The van der Waals surface area contributed by atoms with E-state index in [2.05, 4.69) is 48.4 Å². The Kier molecular flexibility index (Phi) is 6.00. The van der Waals surface area contributed by atoms with Gasteiger partial charge in [0.05, 0.1) is 0 Å². The van der Waals surface area contributed by atoms with Gasteiger partial charge in [0.25, 0.3) is 0 Å². The van der Waals surface area contributed by atoms with Crippen LogP contribution in [0.4, 0.5) is 0 Å². The summed E-state index contributed by atoms with van der Waals surface area (Å²) in [5, 5.41) is 6.17. The topological polar surface area (TPSA) is 24.9 Å². The molecule has 0 saturated heterocycles. The van der Waals surface area contributed by atoms with Gasteiger partial charge in [0.1, 0.15) is 0 Å². The average molecular weight is 270 g/mol. The van der Waals surface area contributed by atoms with Crippen LogP contribution in [0.15, 0.2) is 36.7 Å². The largest absolute Gasteiger partial charge is 0.310 e. The number of rotatable bonds is 8. The molecule has 1 N–H and O–H groups in total. The molecule has 108 valence electrons. The quantitative estimate of drug-likeness (QED) is 0.704. The Labute approximate surface area is 122 Å². The Balaban J connectivity index is 1.86. The number of nitrogens with zero attached hydrogens (tertiary/aromatic N) is 1. The van der Waals surface area contributed by atoms with Gasteiger partial charge in [-0.3, -0.25) is 4.98 Å². The minimum atomic E-state index is 0.575. The van der Waals surface area contributed by atoms with Crippen molar-refractivity contribution in [3.8, 4) is 0 Å². The van der Waals surface area contributed by atoms with Crippen molar-refractivity contribution in [1.29, 1.82) is 0 Å². The molecule has 1 aromatic carbocycles. The van der Waals surface area contributed by atoms with Gasteiger partial charge in [0.15, 0.2) is 0 Å². The van der Waals surface area contributed by atoms with E-state index in [0.29, 0.717) is 6.04 Å². The first-order valence-electron chi connectivity index (χ1n) is 7.86. The van der Waals surface area contributed by atoms with Crippen molar-refractivity contribution in [2.75, 3.05) is 0 Å². The first-order chi connectivity index (χ1) is 9.81. The van der Waals surface area contributed by atoms with Crippen LogP contribution in [0.3, 0.4) is 0 Å². The van der Waals surface area contributed by atoms with Crippen LogP contribution in [0.25, 0.3) is 10.8 Å². The van der Waals surface area contributed by atoms with Crippen LogP contribution in [0, 0.1) is 0 Å². The second kappa shape index (κ2) is 8.01. The molecule has 0 aliphatic carbocycles. The van der Waals surface area contributed by atoms with E-state index in [-0.39, 0.29) is 0 Å². The van der Waals surface area contributed by atoms with Crippen molar-refractivity contribution in [3.05, 3.63) is 42.2 Å². The molecule has 0 amide bonds. The number of pyridine rings is 1. The summed E-state index contributed by atoms with van der Waals surface area (Å²) in [5.41, 5.74) is 1.29. The Bertz CT molecular complexity index is 516. The summed E-state index contributed by atoms with van der Waals surface area (Å²) in [6.45, 7) is 5.45. The van der Waals surface area contributed by atoms with Crippen molar-refractivity contribution in [2.24, 2.45) is 0 Å². The summed E-state index contributed by atoms with van der Waals surface area (Å²) in [7, 11) is 0. The zero-order valence-electron chi connectivity index (χ0n) is 12.7. The Hall–Kier alpha value is -1.41. The normalized spacial score (nSPS) is 12.7. The van der Waals surface area contributed by atoms with Crippen LogP contribution in [0.5, 0.6) is 0 Å². The van der Waals surface area contributed by atoms with Crippen molar-refractivity contribution in [2.45, 2.75) is 58.5 Å². The number of unbranched alkanes of at least 4 members (excludes halogenated alkanes) is 3. The highest BCUT2D eigenvalue weighted by Crippen LogP contribution is 2.17. The first kappa shape index (κ1) is 15.0. The maximum atomic E-state index is 4.34. The van der Waals surface area contributed by atoms with E-state index < -0.39 is 0 Å². The number of hydrogen-bond acceptors (Lipinski definition) is 2. The van der Waals surface area contributed by atoms with Gasteiger partial charge in [-0.25, -0.2) is 0 Å². The third kappa shape index (κ3) is 4.31. The van der Waals surface area contributed by atoms with Crippen LogP contribution in [-0.4, -0.2) is 11.0 Å². The van der Waals surface area contributed by atoms with E-state index in [0.717, 1.165) is 6.54 Å². The molecule has 0 radical (unpaired) electrons. The van der Waals surface area contributed by atoms with Crippen molar-refractivity contribution < 1.29 is 0 Å². The van der Waals surface area contributed by atoms with Gasteiger partial charge in [0.2, 0.25) is 0 Å². The first-order valence-corrected chi connectivity index (χ1v) is 7.86. The zero-order valence-corrected chi connectivity index (χ0v) is 12.7. The standard InChI is InChI=1S/C18H26N2/c1-3-4-5-6-9-15(2)20-14-17-13-19-12-16-10-7-8-11-18(16)17/h7-8,10-13,15,20H,3-6,9,14H2,1-2H3.